The average Bonchev–Trinajstić information content (AvgIpc) is 3.38. The Labute approximate surface area is 176 Å². The first-order valence-corrected chi connectivity index (χ1v) is 11.2. The van der Waals surface area contributed by atoms with Crippen LogP contribution in [0.4, 0.5) is 0 Å². The Balaban J connectivity index is 0.00000338. The third-order valence-corrected chi connectivity index (χ3v) is 6.39. The molecule has 2 fully saturated rings. The predicted molar refractivity (Wildman–Crippen MR) is 117 cm³/mol. The zero-order chi connectivity index (χ0) is 18.3. The van der Waals surface area contributed by atoms with Crippen molar-refractivity contribution in [2.24, 2.45) is 10.9 Å². The fraction of sp³-hybridized carbons (Fsp3) is 0.941. The highest BCUT2D eigenvalue weighted by molar-refractivity contribution is 14.0. The summed E-state index contributed by atoms with van der Waals surface area (Å²) in [5, 5.41) is 3.33. The van der Waals surface area contributed by atoms with Gasteiger partial charge in [-0.25, -0.2) is 8.42 Å². The molecule has 0 aromatic carbocycles. The molecule has 0 amide bonds. The van der Waals surface area contributed by atoms with E-state index in [1.165, 1.54) is 19.3 Å². The molecule has 0 unspecified atom stereocenters. The van der Waals surface area contributed by atoms with Gasteiger partial charge in [-0.05, 0) is 33.1 Å². The van der Waals surface area contributed by atoms with Crippen LogP contribution in [-0.4, -0.2) is 81.3 Å². The van der Waals surface area contributed by atoms with E-state index in [4.69, 9.17) is 9.73 Å². The summed E-state index contributed by atoms with van der Waals surface area (Å²) in [4.78, 5) is 6.89. The molecule has 2 aliphatic rings. The topological polar surface area (TPSA) is 74.2 Å². The number of sulfonamides is 1. The lowest BCUT2D eigenvalue weighted by Crippen LogP contribution is -2.54. The van der Waals surface area contributed by atoms with Gasteiger partial charge in [-0.2, -0.15) is 4.31 Å². The van der Waals surface area contributed by atoms with Crippen molar-refractivity contribution in [3.63, 3.8) is 0 Å². The third kappa shape index (κ3) is 8.26. The summed E-state index contributed by atoms with van der Waals surface area (Å²) in [5.74, 6) is 1.85. The molecule has 7 nitrogen and oxygen atoms in total. The van der Waals surface area contributed by atoms with Gasteiger partial charge in [-0.15, -0.1) is 24.0 Å². The molecule has 1 saturated heterocycles. The number of rotatable bonds is 9. The van der Waals surface area contributed by atoms with E-state index in [-0.39, 0.29) is 42.4 Å². The van der Waals surface area contributed by atoms with Crippen molar-refractivity contribution in [3.05, 3.63) is 0 Å². The summed E-state index contributed by atoms with van der Waals surface area (Å²) >= 11 is 0. The van der Waals surface area contributed by atoms with Gasteiger partial charge >= 0.3 is 0 Å². The van der Waals surface area contributed by atoms with E-state index in [1.807, 2.05) is 13.8 Å². The van der Waals surface area contributed by atoms with Gasteiger partial charge in [-0.3, -0.25) is 4.99 Å². The Morgan fingerprint density at radius 3 is 2.42 bits per heavy atom. The predicted octanol–water partition coefficient (Wildman–Crippen LogP) is 1.74. The molecule has 9 heteroatoms. The molecule has 0 radical (unpaired) electrons. The molecular formula is C17H35IN4O3S. The molecule has 154 valence electrons. The van der Waals surface area contributed by atoms with Crippen LogP contribution in [0.15, 0.2) is 4.99 Å². The molecule has 0 aromatic heterocycles. The Kier molecular flexibility index (Phi) is 10.7. The number of hydrogen-bond donors (Lipinski definition) is 1. The van der Waals surface area contributed by atoms with Crippen LogP contribution < -0.4 is 5.32 Å². The number of piperazine rings is 1. The van der Waals surface area contributed by atoms with Gasteiger partial charge in [0, 0.05) is 39.3 Å². The van der Waals surface area contributed by atoms with Gasteiger partial charge in [0.1, 0.15) is 0 Å². The Morgan fingerprint density at radius 2 is 1.88 bits per heavy atom. The number of hydrogen-bond acceptors (Lipinski definition) is 4. The fourth-order valence-corrected chi connectivity index (χ4v) is 4.17. The van der Waals surface area contributed by atoms with Crippen LogP contribution in [0.1, 0.15) is 40.0 Å². The van der Waals surface area contributed by atoms with E-state index in [0.29, 0.717) is 26.2 Å². The van der Waals surface area contributed by atoms with Crippen molar-refractivity contribution in [1.82, 2.24) is 14.5 Å². The lowest BCUT2D eigenvalue weighted by atomic mass is 10.3. The molecule has 1 aliphatic carbocycles. The number of ether oxygens (including phenoxy) is 1. The molecule has 0 bridgehead atoms. The highest BCUT2D eigenvalue weighted by Gasteiger charge is 2.28. The van der Waals surface area contributed by atoms with Crippen molar-refractivity contribution in [3.8, 4) is 0 Å². The maximum atomic E-state index is 12.4. The normalized spacial score (nSPS) is 19.5. The van der Waals surface area contributed by atoms with Crippen molar-refractivity contribution in [2.45, 2.75) is 46.1 Å². The summed E-state index contributed by atoms with van der Waals surface area (Å²) in [7, 11) is -3.24. The summed E-state index contributed by atoms with van der Waals surface area (Å²) in [5.41, 5.74) is 0. The standard InChI is InChI=1S/C17H34N4O3S.HI/c1-4-18-17(19-8-7-16-5-6-16)20-9-11-21(12-10-20)25(22,23)14-13-24-15(2)3;/h15-16H,4-14H2,1-3H3,(H,18,19);1H. The molecule has 0 aromatic rings. The van der Waals surface area contributed by atoms with E-state index < -0.39 is 10.0 Å². The van der Waals surface area contributed by atoms with E-state index in [9.17, 15) is 8.42 Å². The molecule has 26 heavy (non-hydrogen) atoms. The number of halogens is 1. The lowest BCUT2D eigenvalue weighted by Gasteiger charge is -2.36. The van der Waals surface area contributed by atoms with Gasteiger partial charge in [0.2, 0.25) is 10.0 Å². The van der Waals surface area contributed by atoms with Crippen LogP contribution in [0.2, 0.25) is 0 Å². The van der Waals surface area contributed by atoms with Gasteiger partial charge in [0.05, 0.1) is 18.5 Å². The van der Waals surface area contributed by atoms with Gasteiger partial charge in [0.25, 0.3) is 0 Å². The molecule has 1 saturated carbocycles. The number of nitrogens with zero attached hydrogens (tertiary/aromatic N) is 3. The fourth-order valence-electron chi connectivity index (χ4n) is 2.88. The monoisotopic (exact) mass is 502 g/mol. The molecule has 2 rings (SSSR count). The van der Waals surface area contributed by atoms with Crippen molar-refractivity contribution >= 4 is 40.0 Å². The maximum Gasteiger partial charge on any atom is 0.216 e. The highest BCUT2D eigenvalue weighted by Crippen LogP contribution is 2.32. The Hall–Kier alpha value is -0.130. The first kappa shape index (κ1) is 23.9. The van der Waals surface area contributed by atoms with Crippen LogP contribution in [0, 0.1) is 5.92 Å². The smallest absolute Gasteiger partial charge is 0.216 e. The number of nitrogens with one attached hydrogen (secondary N) is 1. The van der Waals surface area contributed by atoms with Gasteiger partial charge in [-0.1, -0.05) is 12.8 Å². The molecule has 0 spiro atoms. The van der Waals surface area contributed by atoms with Crippen LogP contribution in [-0.2, 0) is 14.8 Å². The number of aliphatic imine (C=N–C) groups is 1. The molecule has 1 aliphatic heterocycles. The molecule has 1 N–H and O–H groups in total. The average molecular weight is 502 g/mol. The zero-order valence-electron chi connectivity index (χ0n) is 16.3. The first-order chi connectivity index (χ1) is 11.9. The van der Waals surface area contributed by atoms with E-state index in [0.717, 1.165) is 25.0 Å². The minimum atomic E-state index is -3.24. The Bertz CT molecular complexity index is 530. The van der Waals surface area contributed by atoms with Crippen LogP contribution in [0.25, 0.3) is 0 Å². The first-order valence-electron chi connectivity index (χ1n) is 9.55. The van der Waals surface area contributed by atoms with Crippen LogP contribution in [0.3, 0.4) is 0 Å². The van der Waals surface area contributed by atoms with Crippen LogP contribution in [0.5, 0.6) is 0 Å². The van der Waals surface area contributed by atoms with Crippen LogP contribution >= 0.6 is 24.0 Å². The van der Waals surface area contributed by atoms with Gasteiger partial charge < -0.3 is 15.0 Å². The second kappa shape index (κ2) is 11.7. The third-order valence-electron chi connectivity index (χ3n) is 4.55. The zero-order valence-corrected chi connectivity index (χ0v) is 19.5. The maximum absolute atomic E-state index is 12.4. The summed E-state index contributed by atoms with van der Waals surface area (Å²) in [6.07, 6.45) is 3.92. The summed E-state index contributed by atoms with van der Waals surface area (Å²) in [6, 6.07) is 0. The summed E-state index contributed by atoms with van der Waals surface area (Å²) in [6.45, 7) is 10.2. The second-order valence-electron chi connectivity index (χ2n) is 7.09. The lowest BCUT2D eigenvalue weighted by molar-refractivity contribution is 0.0904. The molecular weight excluding hydrogens is 467 g/mol. The van der Waals surface area contributed by atoms with E-state index in [1.54, 1.807) is 4.31 Å². The minimum absolute atomic E-state index is 0. The van der Waals surface area contributed by atoms with Crippen molar-refractivity contribution < 1.29 is 13.2 Å². The number of guanidine groups is 1. The molecule has 1 heterocycles. The largest absolute Gasteiger partial charge is 0.378 e. The van der Waals surface area contributed by atoms with E-state index >= 15 is 0 Å². The van der Waals surface area contributed by atoms with E-state index in [2.05, 4.69) is 17.1 Å². The van der Waals surface area contributed by atoms with Crippen molar-refractivity contribution in [1.29, 1.82) is 0 Å². The Morgan fingerprint density at radius 1 is 1.23 bits per heavy atom. The van der Waals surface area contributed by atoms with Gasteiger partial charge in [0.15, 0.2) is 5.96 Å². The quantitative estimate of drug-likeness (QED) is 0.296. The summed E-state index contributed by atoms with van der Waals surface area (Å²) < 4.78 is 31.8. The highest BCUT2D eigenvalue weighted by atomic mass is 127. The SMILES string of the molecule is CCNC(=NCCC1CC1)N1CCN(S(=O)(=O)CCOC(C)C)CC1.I. The second-order valence-corrected chi connectivity index (χ2v) is 9.18. The minimum Gasteiger partial charge on any atom is -0.378 e. The van der Waals surface area contributed by atoms with Crippen molar-refractivity contribution in [2.75, 3.05) is 51.6 Å². The molecule has 0 atom stereocenters.